The van der Waals surface area contributed by atoms with Gasteiger partial charge in [0, 0.05) is 26.2 Å². The summed E-state index contributed by atoms with van der Waals surface area (Å²) in [5, 5.41) is 3.17. The van der Waals surface area contributed by atoms with Crippen LogP contribution in [0.4, 0.5) is 0 Å². The molecule has 0 spiro atoms. The summed E-state index contributed by atoms with van der Waals surface area (Å²) in [5.41, 5.74) is 0. The Bertz CT molecular complexity index is 225. The second-order valence-electron chi connectivity index (χ2n) is 4.85. The molecule has 1 saturated heterocycles. The maximum atomic E-state index is 11.9. The molecule has 1 rings (SSSR count). The molecule has 0 aromatic rings. The van der Waals surface area contributed by atoms with Crippen molar-refractivity contribution in [3.63, 3.8) is 0 Å². The monoisotopic (exact) mass is 241 g/mol. The Morgan fingerprint density at radius 3 is 2.53 bits per heavy atom. The Kier molecular flexibility index (Phi) is 6.52. The van der Waals surface area contributed by atoms with Crippen LogP contribution in [-0.4, -0.2) is 61.5 Å². The first kappa shape index (κ1) is 14.5. The number of nitrogens with zero attached hydrogens (tertiary/aromatic N) is 2. The molecule has 4 heteroatoms. The van der Waals surface area contributed by atoms with E-state index in [0.717, 1.165) is 45.4 Å². The highest BCUT2D eigenvalue weighted by molar-refractivity contribution is 5.78. The van der Waals surface area contributed by atoms with E-state index in [9.17, 15) is 4.79 Å². The minimum Gasteiger partial charge on any atom is -0.342 e. The van der Waals surface area contributed by atoms with E-state index in [1.165, 1.54) is 0 Å². The molecule has 4 nitrogen and oxygen atoms in total. The number of carbonyl (C=O) groups excluding carboxylic acids is 1. The van der Waals surface area contributed by atoms with Crippen molar-refractivity contribution in [2.45, 2.75) is 39.2 Å². The van der Waals surface area contributed by atoms with Crippen LogP contribution < -0.4 is 5.32 Å². The molecule has 0 unspecified atom stereocenters. The molecule has 0 atom stereocenters. The lowest BCUT2D eigenvalue weighted by Gasteiger charge is -2.36. The predicted molar refractivity (Wildman–Crippen MR) is 71.1 cm³/mol. The van der Waals surface area contributed by atoms with Gasteiger partial charge in [0.25, 0.3) is 0 Å². The number of amides is 1. The lowest BCUT2D eigenvalue weighted by atomic mass is 10.0. The van der Waals surface area contributed by atoms with E-state index in [-0.39, 0.29) is 5.91 Å². The summed E-state index contributed by atoms with van der Waals surface area (Å²) < 4.78 is 0. The van der Waals surface area contributed by atoms with Gasteiger partial charge in [0.05, 0.1) is 6.54 Å². The molecule has 100 valence electrons. The van der Waals surface area contributed by atoms with Crippen LogP contribution >= 0.6 is 0 Å². The Hall–Kier alpha value is -0.610. The van der Waals surface area contributed by atoms with Crippen molar-refractivity contribution >= 4 is 5.91 Å². The van der Waals surface area contributed by atoms with Gasteiger partial charge in [0.15, 0.2) is 0 Å². The molecule has 1 N–H and O–H groups in total. The molecular weight excluding hydrogens is 214 g/mol. The van der Waals surface area contributed by atoms with Crippen LogP contribution in [0.2, 0.25) is 0 Å². The molecule has 0 bridgehead atoms. The number of piperidine rings is 1. The highest BCUT2D eigenvalue weighted by Gasteiger charge is 2.24. The molecule has 1 amide bonds. The maximum Gasteiger partial charge on any atom is 0.236 e. The Labute approximate surface area is 105 Å². The summed E-state index contributed by atoms with van der Waals surface area (Å²) in [4.78, 5) is 16.3. The van der Waals surface area contributed by atoms with Crippen molar-refractivity contribution in [3.8, 4) is 0 Å². The van der Waals surface area contributed by atoms with Crippen LogP contribution in [0.25, 0.3) is 0 Å². The van der Waals surface area contributed by atoms with Crippen molar-refractivity contribution in [1.82, 2.24) is 15.1 Å². The zero-order chi connectivity index (χ0) is 12.7. The highest BCUT2D eigenvalue weighted by Crippen LogP contribution is 2.14. The van der Waals surface area contributed by atoms with Gasteiger partial charge in [0.2, 0.25) is 5.91 Å². The van der Waals surface area contributed by atoms with Gasteiger partial charge in [-0.3, -0.25) is 4.79 Å². The van der Waals surface area contributed by atoms with Crippen molar-refractivity contribution in [1.29, 1.82) is 0 Å². The zero-order valence-corrected chi connectivity index (χ0v) is 11.5. The number of likely N-dealkylation sites (tertiary alicyclic amines) is 1. The molecule has 0 aromatic carbocycles. The van der Waals surface area contributed by atoms with E-state index < -0.39 is 0 Å². The summed E-state index contributed by atoms with van der Waals surface area (Å²) in [6.07, 6.45) is 3.31. The molecular formula is C13H27N3O. The van der Waals surface area contributed by atoms with E-state index in [4.69, 9.17) is 0 Å². The fourth-order valence-electron chi connectivity index (χ4n) is 2.32. The molecule has 1 heterocycles. The van der Waals surface area contributed by atoms with E-state index in [1.54, 1.807) is 0 Å². The van der Waals surface area contributed by atoms with Crippen LogP contribution in [0.5, 0.6) is 0 Å². The molecule has 17 heavy (non-hydrogen) atoms. The Balaban J connectivity index is 2.27. The van der Waals surface area contributed by atoms with E-state index >= 15 is 0 Å². The summed E-state index contributed by atoms with van der Waals surface area (Å²) in [5.74, 6) is 0.230. The Morgan fingerprint density at radius 1 is 1.35 bits per heavy atom. The normalized spacial score (nSPS) is 18.3. The quantitative estimate of drug-likeness (QED) is 0.703. The first-order valence-electron chi connectivity index (χ1n) is 6.87. The summed E-state index contributed by atoms with van der Waals surface area (Å²) in [6.45, 7) is 9.10. The SMILES string of the molecule is CCCNCC(=O)N(C)C1CCN(CC)CC1. The highest BCUT2D eigenvalue weighted by atomic mass is 16.2. The lowest BCUT2D eigenvalue weighted by Crippen LogP contribution is -2.47. The molecule has 1 aliphatic rings. The zero-order valence-electron chi connectivity index (χ0n) is 11.5. The number of hydrogen-bond donors (Lipinski definition) is 1. The summed E-state index contributed by atoms with van der Waals surface area (Å²) >= 11 is 0. The van der Waals surface area contributed by atoms with E-state index in [0.29, 0.717) is 12.6 Å². The lowest BCUT2D eigenvalue weighted by molar-refractivity contribution is -0.131. The van der Waals surface area contributed by atoms with Crippen LogP contribution in [0.1, 0.15) is 33.1 Å². The number of carbonyl (C=O) groups is 1. The van der Waals surface area contributed by atoms with Gasteiger partial charge in [-0.05, 0) is 32.4 Å². The third kappa shape index (κ3) is 4.64. The van der Waals surface area contributed by atoms with Crippen molar-refractivity contribution < 1.29 is 4.79 Å². The van der Waals surface area contributed by atoms with Crippen molar-refractivity contribution in [2.75, 3.05) is 39.8 Å². The first-order chi connectivity index (χ1) is 8.19. The molecule has 1 aliphatic heterocycles. The number of hydrogen-bond acceptors (Lipinski definition) is 3. The summed E-state index contributed by atoms with van der Waals surface area (Å²) in [6, 6.07) is 0.439. The fraction of sp³-hybridized carbons (Fsp3) is 0.923. The second-order valence-corrected chi connectivity index (χ2v) is 4.85. The third-order valence-electron chi connectivity index (χ3n) is 3.65. The maximum absolute atomic E-state index is 11.9. The smallest absolute Gasteiger partial charge is 0.236 e. The van der Waals surface area contributed by atoms with Crippen molar-refractivity contribution in [3.05, 3.63) is 0 Å². The minimum atomic E-state index is 0.230. The molecule has 0 saturated carbocycles. The topological polar surface area (TPSA) is 35.6 Å². The fourth-order valence-corrected chi connectivity index (χ4v) is 2.32. The molecule has 0 aliphatic carbocycles. The molecule has 1 fully saturated rings. The van der Waals surface area contributed by atoms with Gasteiger partial charge in [0.1, 0.15) is 0 Å². The molecule has 0 aromatic heterocycles. The van der Waals surface area contributed by atoms with Gasteiger partial charge in [-0.15, -0.1) is 0 Å². The number of likely N-dealkylation sites (N-methyl/N-ethyl adjacent to an activating group) is 1. The molecule has 0 radical (unpaired) electrons. The Morgan fingerprint density at radius 2 is 2.00 bits per heavy atom. The third-order valence-corrected chi connectivity index (χ3v) is 3.65. The van der Waals surface area contributed by atoms with Gasteiger partial charge in [-0.25, -0.2) is 0 Å². The first-order valence-corrected chi connectivity index (χ1v) is 6.87. The summed E-state index contributed by atoms with van der Waals surface area (Å²) in [7, 11) is 1.95. The largest absolute Gasteiger partial charge is 0.342 e. The minimum absolute atomic E-state index is 0.230. The van der Waals surface area contributed by atoms with Gasteiger partial charge in [-0.2, -0.15) is 0 Å². The van der Waals surface area contributed by atoms with E-state index in [1.807, 2.05) is 11.9 Å². The van der Waals surface area contributed by atoms with Gasteiger partial charge in [-0.1, -0.05) is 13.8 Å². The average molecular weight is 241 g/mol. The second kappa shape index (κ2) is 7.67. The standard InChI is InChI=1S/C13H27N3O/c1-4-8-14-11-13(17)15(3)12-6-9-16(5-2)10-7-12/h12,14H,4-11H2,1-3H3. The average Bonchev–Trinajstić information content (AvgIpc) is 2.38. The van der Waals surface area contributed by atoms with E-state index in [2.05, 4.69) is 24.1 Å². The van der Waals surface area contributed by atoms with Crippen LogP contribution in [0.3, 0.4) is 0 Å². The van der Waals surface area contributed by atoms with Gasteiger partial charge < -0.3 is 15.1 Å². The van der Waals surface area contributed by atoms with Crippen LogP contribution in [0.15, 0.2) is 0 Å². The van der Waals surface area contributed by atoms with Crippen LogP contribution in [-0.2, 0) is 4.79 Å². The number of rotatable bonds is 6. The van der Waals surface area contributed by atoms with Gasteiger partial charge >= 0.3 is 0 Å². The van der Waals surface area contributed by atoms with Crippen molar-refractivity contribution in [2.24, 2.45) is 0 Å². The number of nitrogens with one attached hydrogen (secondary N) is 1. The predicted octanol–water partition coefficient (Wildman–Crippen LogP) is 0.929. The van der Waals surface area contributed by atoms with Crippen LogP contribution in [0, 0.1) is 0 Å².